The number of benzene rings is 1. The van der Waals surface area contributed by atoms with Gasteiger partial charge in [0.2, 0.25) is 0 Å². The van der Waals surface area contributed by atoms with Crippen molar-refractivity contribution in [2.45, 2.75) is 31.8 Å². The number of pyridine rings is 1. The fourth-order valence-electron chi connectivity index (χ4n) is 3.53. The third-order valence-corrected chi connectivity index (χ3v) is 5.40. The third-order valence-electron chi connectivity index (χ3n) is 4.91. The Morgan fingerprint density at radius 3 is 2.86 bits per heavy atom. The molecule has 22 heavy (non-hydrogen) atoms. The summed E-state index contributed by atoms with van der Waals surface area (Å²) in [7, 11) is 0. The number of anilines is 1. The molecule has 0 spiro atoms. The molecule has 0 amide bonds. The fourth-order valence-corrected chi connectivity index (χ4v) is 3.88. The lowest BCUT2D eigenvalue weighted by Crippen LogP contribution is -2.45. The Balaban J connectivity index is 1.61. The lowest BCUT2D eigenvalue weighted by molar-refractivity contribution is -0.128. The molecule has 2 saturated heterocycles. The lowest BCUT2D eigenvalue weighted by atomic mass is 9.72. The highest BCUT2D eigenvalue weighted by atomic mass is 79.9. The van der Waals surface area contributed by atoms with E-state index in [1.165, 1.54) is 12.8 Å². The molecule has 1 aliphatic carbocycles. The molecule has 1 saturated carbocycles. The van der Waals surface area contributed by atoms with Gasteiger partial charge in [-0.3, -0.25) is 0 Å². The van der Waals surface area contributed by atoms with Gasteiger partial charge in [0.1, 0.15) is 11.6 Å². The summed E-state index contributed by atoms with van der Waals surface area (Å²) in [6, 6.07) is 7.81. The van der Waals surface area contributed by atoms with Crippen molar-refractivity contribution < 1.29 is 9.47 Å². The fraction of sp³-hybridized carbons (Fsp3) is 0.471. The molecule has 1 aromatic carbocycles. The molecule has 5 heteroatoms. The molecule has 2 aromatic rings. The van der Waals surface area contributed by atoms with Crippen molar-refractivity contribution >= 4 is 32.7 Å². The molecule has 3 fully saturated rings. The van der Waals surface area contributed by atoms with Crippen LogP contribution < -0.4 is 10.5 Å². The van der Waals surface area contributed by atoms with Gasteiger partial charge in [0.05, 0.1) is 24.8 Å². The Morgan fingerprint density at radius 2 is 2.14 bits per heavy atom. The minimum Gasteiger partial charge on any atom is -0.492 e. The van der Waals surface area contributed by atoms with Crippen LogP contribution in [-0.4, -0.2) is 24.3 Å². The summed E-state index contributed by atoms with van der Waals surface area (Å²) in [6.07, 6.45) is 5.20. The summed E-state index contributed by atoms with van der Waals surface area (Å²) < 4.78 is 13.0. The van der Waals surface area contributed by atoms with Crippen molar-refractivity contribution in [2.75, 3.05) is 18.9 Å². The van der Waals surface area contributed by atoms with Gasteiger partial charge in [-0.25, -0.2) is 4.98 Å². The van der Waals surface area contributed by atoms with Gasteiger partial charge in [-0.05, 0) is 43.9 Å². The molecule has 5 rings (SSSR count). The number of halogens is 1. The van der Waals surface area contributed by atoms with E-state index in [0.29, 0.717) is 18.5 Å². The van der Waals surface area contributed by atoms with Crippen LogP contribution >= 0.6 is 15.9 Å². The maximum Gasteiger partial charge on any atom is 0.132 e. The van der Waals surface area contributed by atoms with Crippen LogP contribution in [0.25, 0.3) is 10.9 Å². The highest BCUT2D eigenvalue weighted by Gasteiger charge is 2.42. The van der Waals surface area contributed by atoms with E-state index in [1.54, 1.807) is 0 Å². The van der Waals surface area contributed by atoms with Crippen LogP contribution in [0.5, 0.6) is 5.75 Å². The molecular formula is C17H19BrN2O2. The summed E-state index contributed by atoms with van der Waals surface area (Å²) in [5, 5.41) is 0.999. The van der Waals surface area contributed by atoms with Gasteiger partial charge < -0.3 is 15.2 Å². The Labute approximate surface area is 138 Å². The van der Waals surface area contributed by atoms with Crippen LogP contribution in [0.2, 0.25) is 0 Å². The van der Waals surface area contributed by atoms with E-state index in [9.17, 15) is 0 Å². The minimum atomic E-state index is 0.175. The first-order valence-electron chi connectivity index (χ1n) is 7.74. The Morgan fingerprint density at radius 1 is 1.32 bits per heavy atom. The van der Waals surface area contributed by atoms with Crippen LogP contribution in [0.3, 0.4) is 0 Å². The molecule has 3 heterocycles. The van der Waals surface area contributed by atoms with E-state index >= 15 is 0 Å². The van der Waals surface area contributed by atoms with Crippen LogP contribution in [0.4, 0.5) is 5.82 Å². The summed E-state index contributed by atoms with van der Waals surface area (Å²) in [4.78, 5) is 4.38. The van der Waals surface area contributed by atoms with Gasteiger partial charge in [0.25, 0.3) is 0 Å². The topological polar surface area (TPSA) is 57.4 Å². The second-order valence-corrected chi connectivity index (χ2v) is 7.42. The highest BCUT2D eigenvalue weighted by Crippen LogP contribution is 2.43. The SMILES string of the molecule is Nc1cc(OCC23CCC(CC2)OC3)c2ccc(Br)cc2n1. The monoisotopic (exact) mass is 362 g/mol. The standard InChI is InChI=1S/C17H19BrN2O2/c18-11-1-2-13-14(7-11)20-16(19)8-15(13)22-10-17-5-3-12(4-6-17)21-9-17/h1-2,7-8,12H,3-6,9-10H2,(H2,19,20). The van der Waals surface area contributed by atoms with E-state index in [1.807, 2.05) is 24.3 Å². The molecule has 2 aliphatic heterocycles. The maximum absolute atomic E-state index is 6.18. The predicted molar refractivity (Wildman–Crippen MR) is 90.0 cm³/mol. The number of nitrogens with two attached hydrogens (primary N) is 1. The number of rotatable bonds is 3. The van der Waals surface area contributed by atoms with Gasteiger partial charge >= 0.3 is 0 Å². The molecule has 0 unspecified atom stereocenters. The van der Waals surface area contributed by atoms with Crippen LogP contribution in [0.15, 0.2) is 28.7 Å². The van der Waals surface area contributed by atoms with Crippen LogP contribution in [0, 0.1) is 5.41 Å². The first-order chi connectivity index (χ1) is 10.6. The molecule has 3 aliphatic rings. The van der Waals surface area contributed by atoms with Crippen molar-refractivity contribution in [1.82, 2.24) is 4.98 Å². The smallest absolute Gasteiger partial charge is 0.132 e. The third kappa shape index (κ3) is 2.57. The summed E-state index contributed by atoms with van der Waals surface area (Å²) >= 11 is 3.47. The first kappa shape index (κ1) is 14.3. The molecule has 2 bridgehead atoms. The van der Waals surface area contributed by atoms with E-state index in [0.717, 1.165) is 40.6 Å². The summed E-state index contributed by atoms with van der Waals surface area (Å²) in [5.74, 6) is 1.30. The zero-order valence-corrected chi connectivity index (χ0v) is 13.9. The van der Waals surface area contributed by atoms with Crippen molar-refractivity contribution in [3.8, 4) is 5.75 Å². The molecule has 116 valence electrons. The predicted octanol–water partition coefficient (Wildman–Crippen LogP) is 3.92. The second-order valence-electron chi connectivity index (χ2n) is 6.51. The van der Waals surface area contributed by atoms with Crippen molar-refractivity contribution in [3.05, 3.63) is 28.7 Å². The van der Waals surface area contributed by atoms with Gasteiger partial charge in [-0.2, -0.15) is 0 Å². The van der Waals surface area contributed by atoms with Crippen LogP contribution in [-0.2, 0) is 4.74 Å². The molecule has 1 aromatic heterocycles. The molecule has 2 N–H and O–H groups in total. The van der Waals surface area contributed by atoms with Gasteiger partial charge in [0, 0.05) is 21.3 Å². The van der Waals surface area contributed by atoms with E-state index in [2.05, 4.69) is 20.9 Å². The molecule has 4 nitrogen and oxygen atoms in total. The summed E-state index contributed by atoms with van der Waals surface area (Å²) in [5.41, 5.74) is 6.95. The van der Waals surface area contributed by atoms with Gasteiger partial charge in [-0.1, -0.05) is 15.9 Å². The first-order valence-corrected chi connectivity index (χ1v) is 8.53. The van der Waals surface area contributed by atoms with Crippen molar-refractivity contribution in [2.24, 2.45) is 5.41 Å². The van der Waals surface area contributed by atoms with E-state index in [4.69, 9.17) is 15.2 Å². The quantitative estimate of drug-likeness (QED) is 0.898. The number of hydrogen-bond donors (Lipinski definition) is 1. The maximum atomic E-state index is 6.18. The number of nitrogens with zero attached hydrogens (tertiary/aromatic N) is 1. The zero-order valence-electron chi connectivity index (χ0n) is 12.3. The number of hydrogen-bond acceptors (Lipinski definition) is 4. The summed E-state index contributed by atoms with van der Waals surface area (Å²) in [6.45, 7) is 1.51. The molecule has 0 radical (unpaired) electrons. The Kier molecular flexibility index (Phi) is 3.50. The van der Waals surface area contributed by atoms with Crippen molar-refractivity contribution in [1.29, 1.82) is 0 Å². The van der Waals surface area contributed by atoms with Crippen molar-refractivity contribution in [3.63, 3.8) is 0 Å². The minimum absolute atomic E-state index is 0.175. The highest BCUT2D eigenvalue weighted by molar-refractivity contribution is 9.10. The Hall–Kier alpha value is -1.33. The van der Waals surface area contributed by atoms with Gasteiger partial charge in [-0.15, -0.1) is 0 Å². The normalized spacial score (nSPS) is 27.2. The molecule has 0 atom stereocenters. The average Bonchev–Trinajstić information content (AvgIpc) is 2.54. The zero-order chi connectivity index (χ0) is 15.2. The number of fused-ring (bicyclic) bond motifs is 4. The van der Waals surface area contributed by atoms with Crippen LogP contribution in [0.1, 0.15) is 25.7 Å². The van der Waals surface area contributed by atoms with E-state index in [-0.39, 0.29) is 5.41 Å². The van der Waals surface area contributed by atoms with E-state index < -0.39 is 0 Å². The number of nitrogen functional groups attached to an aromatic ring is 1. The molecular weight excluding hydrogens is 344 g/mol. The number of ether oxygens (including phenoxy) is 2. The largest absolute Gasteiger partial charge is 0.492 e. The number of aromatic nitrogens is 1. The second kappa shape index (κ2) is 5.39. The Bertz CT molecular complexity index is 692. The average molecular weight is 363 g/mol. The lowest BCUT2D eigenvalue weighted by Gasteiger charge is -2.45. The van der Waals surface area contributed by atoms with Gasteiger partial charge in [0.15, 0.2) is 0 Å².